The number of ether oxygens (including phenoxy) is 1. The first-order chi connectivity index (χ1) is 7.93. The van der Waals surface area contributed by atoms with Crippen LogP contribution in [0.5, 0.6) is 0 Å². The second-order valence-electron chi connectivity index (χ2n) is 3.15. The Balaban J connectivity index is 2.66. The second-order valence-corrected chi connectivity index (χ2v) is 3.15. The molecule has 0 saturated heterocycles. The number of halogens is 3. The van der Waals surface area contributed by atoms with Crippen LogP contribution in [0, 0.1) is 0 Å². The SMILES string of the molecule is COC(=O)CC=Cc1ccc(C(F)(F)F)cn1. The molecule has 0 amide bonds. The quantitative estimate of drug-likeness (QED) is 0.768. The Kier molecular flexibility index (Phi) is 4.25. The largest absolute Gasteiger partial charge is 0.469 e. The molecule has 1 aromatic heterocycles. The van der Waals surface area contributed by atoms with Crippen molar-refractivity contribution in [3.05, 3.63) is 35.7 Å². The minimum absolute atomic E-state index is 0.0548. The van der Waals surface area contributed by atoms with Crippen LogP contribution in [0.25, 0.3) is 6.08 Å². The average Bonchev–Trinajstić information content (AvgIpc) is 2.28. The normalized spacial score (nSPS) is 11.8. The summed E-state index contributed by atoms with van der Waals surface area (Å²) in [4.78, 5) is 14.4. The molecule has 0 radical (unpaired) electrons. The standard InChI is InChI=1S/C11H10F3NO2/c1-17-10(16)4-2-3-9-6-5-8(7-15-9)11(12,13)14/h2-3,5-7H,4H2,1H3. The van der Waals surface area contributed by atoms with Crippen molar-refractivity contribution in [1.82, 2.24) is 4.98 Å². The Bertz CT molecular complexity index is 410. The van der Waals surface area contributed by atoms with E-state index < -0.39 is 17.7 Å². The molecule has 0 aromatic carbocycles. The molecule has 0 fully saturated rings. The lowest BCUT2D eigenvalue weighted by atomic mass is 10.2. The van der Waals surface area contributed by atoms with Crippen LogP contribution in [0.3, 0.4) is 0 Å². The van der Waals surface area contributed by atoms with Gasteiger partial charge in [-0.1, -0.05) is 6.08 Å². The van der Waals surface area contributed by atoms with E-state index in [9.17, 15) is 18.0 Å². The fourth-order valence-corrected chi connectivity index (χ4v) is 1.03. The summed E-state index contributed by atoms with van der Waals surface area (Å²) in [6.45, 7) is 0. The molecule has 0 N–H and O–H groups in total. The van der Waals surface area contributed by atoms with Gasteiger partial charge in [0.1, 0.15) is 0 Å². The number of pyridine rings is 1. The predicted octanol–water partition coefficient (Wildman–Crippen LogP) is 2.68. The summed E-state index contributed by atoms with van der Waals surface area (Å²) < 4.78 is 41.0. The second kappa shape index (κ2) is 5.47. The minimum Gasteiger partial charge on any atom is -0.469 e. The number of esters is 1. The van der Waals surface area contributed by atoms with Gasteiger partial charge in [-0.15, -0.1) is 0 Å². The molecule has 0 aliphatic carbocycles. The first kappa shape index (κ1) is 13.2. The van der Waals surface area contributed by atoms with E-state index in [1.165, 1.54) is 25.3 Å². The van der Waals surface area contributed by atoms with Gasteiger partial charge >= 0.3 is 12.1 Å². The smallest absolute Gasteiger partial charge is 0.417 e. The van der Waals surface area contributed by atoms with E-state index in [1.807, 2.05) is 0 Å². The predicted molar refractivity (Wildman–Crippen MR) is 54.9 cm³/mol. The van der Waals surface area contributed by atoms with Crippen LogP contribution < -0.4 is 0 Å². The molecule has 0 aliphatic heterocycles. The van der Waals surface area contributed by atoms with E-state index in [2.05, 4.69) is 9.72 Å². The number of carbonyl (C=O) groups is 1. The Morgan fingerprint density at radius 1 is 1.47 bits per heavy atom. The lowest BCUT2D eigenvalue weighted by molar-refractivity contribution is -0.139. The summed E-state index contributed by atoms with van der Waals surface area (Å²) >= 11 is 0. The van der Waals surface area contributed by atoms with Gasteiger partial charge in [-0.25, -0.2) is 0 Å². The molecule has 17 heavy (non-hydrogen) atoms. The molecule has 1 aromatic rings. The monoisotopic (exact) mass is 245 g/mol. The van der Waals surface area contributed by atoms with Crippen LogP contribution in [0.15, 0.2) is 24.4 Å². The van der Waals surface area contributed by atoms with Crippen LogP contribution in [-0.2, 0) is 15.7 Å². The van der Waals surface area contributed by atoms with Crippen LogP contribution in [0.2, 0.25) is 0 Å². The Morgan fingerprint density at radius 3 is 2.65 bits per heavy atom. The zero-order chi connectivity index (χ0) is 12.9. The third-order valence-corrected chi connectivity index (χ3v) is 1.91. The van der Waals surface area contributed by atoms with Gasteiger partial charge in [0.15, 0.2) is 0 Å². The first-order valence-corrected chi connectivity index (χ1v) is 4.70. The molecular weight excluding hydrogens is 235 g/mol. The van der Waals surface area contributed by atoms with Crippen molar-refractivity contribution in [1.29, 1.82) is 0 Å². The number of hydrogen-bond acceptors (Lipinski definition) is 3. The van der Waals surface area contributed by atoms with E-state index >= 15 is 0 Å². The van der Waals surface area contributed by atoms with Gasteiger partial charge in [-0.05, 0) is 18.2 Å². The summed E-state index contributed by atoms with van der Waals surface area (Å²) in [5.41, 5.74) is -0.454. The Hall–Kier alpha value is -1.85. The van der Waals surface area contributed by atoms with Gasteiger partial charge in [0.25, 0.3) is 0 Å². The number of rotatable bonds is 3. The summed E-state index contributed by atoms with van der Waals surface area (Å²) in [5, 5.41) is 0. The lowest BCUT2D eigenvalue weighted by Gasteiger charge is -2.05. The van der Waals surface area contributed by atoms with Crippen molar-refractivity contribution in [3.63, 3.8) is 0 Å². The molecule has 0 saturated carbocycles. The highest BCUT2D eigenvalue weighted by Gasteiger charge is 2.30. The van der Waals surface area contributed by atoms with Crippen molar-refractivity contribution in [2.75, 3.05) is 7.11 Å². The Morgan fingerprint density at radius 2 is 2.18 bits per heavy atom. The molecule has 0 atom stereocenters. The average molecular weight is 245 g/mol. The lowest BCUT2D eigenvalue weighted by Crippen LogP contribution is -2.05. The van der Waals surface area contributed by atoms with E-state index in [0.717, 1.165) is 12.3 Å². The Labute approximate surface area is 95.9 Å². The number of methoxy groups -OCH3 is 1. The van der Waals surface area contributed by atoms with E-state index in [-0.39, 0.29) is 6.42 Å². The molecule has 0 spiro atoms. The maximum Gasteiger partial charge on any atom is 0.417 e. The summed E-state index contributed by atoms with van der Waals surface area (Å²) in [6.07, 6.45) is -0.656. The van der Waals surface area contributed by atoms with Crippen molar-refractivity contribution in [2.45, 2.75) is 12.6 Å². The third-order valence-electron chi connectivity index (χ3n) is 1.91. The zero-order valence-electron chi connectivity index (χ0n) is 8.99. The molecule has 92 valence electrons. The summed E-state index contributed by atoms with van der Waals surface area (Å²) in [7, 11) is 1.26. The molecule has 3 nitrogen and oxygen atoms in total. The van der Waals surface area contributed by atoms with Gasteiger partial charge in [0.05, 0.1) is 24.8 Å². The number of nitrogens with zero attached hydrogens (tertiary/aromatic N) is 1. The first-order valence-electron chi connectivity index (χ1n) is 4.70. The summed E-state index contributed by atoms with van der Waals surface area (Å²) in [6, 6.07) is 2.17. The van der Waals surface area contributed by atoms with E-state index in [0.29, 0.717) is 5.69 Å². The molecule has 6 heteroatoms. The van der Waals surface area contributed by atoms with E-state index in [1.54, 1.807) is 0 Å². The van der Waals surface area contributed by atoms with Crippen molar-refractivity contribution in [2.24, 2.45) is 0 Å². The van der Waals surface area contributed by atoms with Gasteiger partial charge in [0.2, 0.25) is 0 Å². The minimum atomic E-state index is -4.39. The highest BCUT2D eigenvalue weighted by atomic mass is 19.4. The number of alkyl halides is 3. The van der Waals surface area contributed by atoms with Crippen LogP contribution >= 0.6 is 0 Å². The zero-order valence-corrected chi connectivity index (χ0v) is 8.99. The van der Waals surface area contributed by atoms with Crippen molar-refractivity contribution >= 4 is 12.0 Å². The molecule has 1 heterocycles. The molecule has 0 bridgehead atoms. The topological polar surface area (TPSA) is 39.2 Å². The molecule has 0 unspecified atom stereocenters. The van der Waals surface area contributed by atoms with Gasteiger partial charge in [0, 0.05) is 6.20 Å². The van der Waals surface area contributed by atoms with Crippen LogP contribution in [-0.4, -0.2) is 18.1 Å². The van der Waals surface area contributed by atoms with Gasteiger partial charge in [-0.2, -0.15) is 13.2 Å². The third kappa shape index (κ3) is 4.26. The number of carbonyl (C=O) groups excluding carboxylic acids is 1. The highest BCUT2D eigenvalue weighted by Crippen LogP contribution is 2.28. The van der Waals surface area contributed by atoms with Gasteiger partial charge < -0.3 is 4.74 Å². The molecular formula is C11H10F3NO2. The fourth-order valence-electron chi connectivity index (χ4n) is 1.03. The molecule has 1 rings (SSSR count). The van der Waals surface area contributed by atoms with Crippen molar-refractivity contribution in [3.8, 4) is 0 Å². The van der Waals surface area contributed by atoms with Crippen molar-refractivity contribution < 1.29 is 22.7 Å². The van der Waals surface area contributed by atoms with E-state index in [4.69, 9.17) is 0 Å². The summed E-state index contributed by atoms with van der Waals surface area (Å²) in [5.74, 6) is -0.423. The fraction of sp³-hybridized carbons (Fsp3) is 0.273. The maximum atomic E-state index is 12.2. The van der Waals surface area contributed by atoms with Crippen LogP contribution in [0.1, 0.15) is 17.7 Å². The highest BCUT2D eigenvalue weighted by molar-refractivity contribution is 5.72. The van der Waals surface area contributed by atoms with Gasteiger partial charge in [-0.3, -0.25) is 9.78 Å². The maximum absolute atomic E-state index is 12.2. The number of hydrogen-bond donors (Lipinski definition) is 0. The molecule has 0 aliphatic rings. The van der Waals surface area contributed by atoms with Crippen LogP contribution in [0.4, 0.5) is 13.2 Å². The number of aromatic nitrogens is 1.